The number of nitrogens with two attached hydrogens (primary N) is 1. The second kappa shape index (κ2) is 16.4. The zero-order chi connectivity index (χ0) is 33.3. The first kappa shape index (κ1) is 36.4. The summed E-state index contributed by atoms with van der Waals surface area (Å²) in [5.41, 5.74) is 5.61. The van der Waals surface area contributed by atoms with Gasteiger partial charge in [-0.3, -0.25) is 28.8 Å². The molecule has 2 heterocycles. The molecule has 0 unspecified atom stereocenters. The molecular weight excluding hydrogens is 576 g/mol. The zero-order valence-electron chi connectivity index (χ0n) is 26.2. The molecule has 0 aromatic rings. The molecule has 0 bridgehead atoms. The lowest BCUT2D eigenvalue weighted by Crippen LogP contribution is -2.59. The Labute approximate surface area is 257 Å². The molecule has 44 heavy (non-hydrogen) atoms. The summed E-state index contributed by atoms with van der Waals surface area (Å²) in [5.74, 6) is -5.56. The lowest BCUT2D eigenvalue weighted by Gasteiger charge is -2.33. The third kappa shape index (κ3) is 9.89. The van der Waals surface area contributed by atoms with Gasteiger partial charge in [-0.2, -0.15) is 0 Å². The Bertz CT molecular complexity index is 1100. The summed E-state index contributed by atoms with van der Waals surface area (Å²) in [6, 6.07) is -6.10. The first-order valence-corrected chi connectivity index (χ1v) is 15.3. The Hall–Kier alpha value is -3.75. The molecule has 0 saturated carbocycles. The number of rotatable bonds is 15. The lowest BCUT2D eigenvalue weighted by atomic mass is 10.0. The third-order valence-electron chi connectivity index (χ3n) is 7.90. The summed E-state index contributed by atoms with van der Waals surface area (Å²) < 4.78 is 0. The first-order valence-electron chi connectivity index (χ1n) is 15.3. The average Bonchev–Trinajstić information content (AvgIpc) is 3.62. The van der Waals surface area contributed by atoms with Crippen molar-refractivity contribution in [3.8, 4) is 0 Å². The highest BCUT2D eigenvalue weighted by molar-refractivity contribution is 5.97. The van der Waals surface area contributed by atoms with E-state index in [1.54, 1.807) is 13.8 Å². The Morgan fingerprint density at radius 2 is 1.30 bits per heavy atom. The molecule has 2 rings (SSSR count). The van der Waals surface area contributed by atoms with Crippen LogP contribution in [0.2, 0.25) is 0 Å². The normalized spacial score (nSPS) is 21.0. The molecule has 248 valence electrons. The topological polar surface area (TPSA) is 229 Å². The Morgan fingerprint density at radius 1 is 0.773 bits per heavy atom. The number of likely N-dealkylation sites (tertiary alicyclic amines) is 2. The van der Waals surface area contributed by atoms with Crippen molar-refractivity contribution in [2.45, 2.75) is 116 Å². The van der Waals surface area contributed by atoms with Gasteiger partial charge in [-0.1, -0.05) is 27.7 Å². The first-order chi connectivity index (χ1) is 20.5. The number of nitrogens with zero attached hydrogens (tertiary/aromatic N) is 2. The molecule has 15 nitrogen and oxygen atoms in total. The number of carboxylic acid groups (broad SMARTS) is 2. The van der Waals surface area contributed by atoms with Crippen LogP contribution in [0.15, 0.2) is 0 Å². The van der Waals surface area contributed by atoms with Crippen LogP contribution in [-0.4, -0.2) is 111 Å². The van der Waals surface area contributed by atoms with Gasteiger partial charge < -0.3 is 41.7 Å². The van der Waals surface area contributed by atoms with Crippen molar-refractivity contribution in [1.82, 2.24) is 25.8 Å². The summed E-state index contributed by atoms with van der Waals surface area (Å²) in [6.45, 7) is 9.04. The number of carbonyl (C=O) groups excluding carboxylic acids is 5. The molecule has 2 aliphatic rings. The minimum atomic E-state index is -1.20. The Balaban J connectivity index is 2.18. The number of hydrogen-bond donors (Lipinski definition) is 6. The van der Waals surface area contributed by atoms with Crippen LogP contribution in [0.25, 0.3) is 0 Å². The van der Waals surface area contributed by atoms with Gasteiger partial charge in [0, 0.05) is 19.5 Å². The summed E-state index contributed by atoms with van der Waals surface area (Å²) >= 11 is 0. The second-order valence-electron chi connectivity index (χ2n) is 12.4. The van der Waals surface area contributed by atoms with E-state index in [0.717, 1.165) is 0 Å². The van der Waals surface area contributed by atoms with Crippen LogP contribution in [0.1, 0.15) is 79.6 Å². The molecule has 2 fully saturated rings. The SMILES string of the molecule is CC(C)C[C@H](NC(=O)[C@@H]1CCCN1C(=O)[C@@H](NC(=O)[C@@H]1CCCN1C(=O)[C@H](CCC(=O)O)NC(=O)[C@H](C)N)C(C)C)C(=O)O. The van der Waals surface area contributed by atoms with Gasteiger partial charge in [0.05, 0.1) is 6.04 Å². The highest BCUT2D eigenvalue weighted by Gasteiger charge is 2.42. The number of amides is 5. The highest BCUT2D eigenvalue weighted by atomic mass is 16.4. The molecule has 0 spiro atoms. The molecule has 7 N–H and O–H groups in total. The summed E-state index contributed by atoms with van der Waals surface area (Å²) in [7, 11) is 0. The van der Waals surface area contributed by atoms with Gasteiger partial charge in [-0.15, -0.1) is 0 Å². The Morgan fingerprint density at radius 3 is 1.75 bits per heavy atom. The Kier molecular flexibility index (Phi) is 13.5. The van der Waals surface area contributed by atoms with Crippen molar-refractivity contribution in [3.05, 3.63) is 0 Å². The average molecular weight is 625 g/mol. The van der Waals surface area contributed by atoms with Gasteiger partial charge in [-0.25, -0.2) is 4.79 Å². The predicted octanol–water partition coefficient (Wildman–Crippen LogP) is -0.578. The standard InChI is InChI=1S/C29H48N6O9/c1-15(2)14-19(29(43)44)32-25(39)20-8-7-13-35(20)28(42)23(16(3)4)33-26(40)21-9-6-12-34(21)27(41)18(10-11-22(36)37)31-24(38)17(5)30/h15-21,23H,6-14,30H2,1-5H3,(H,31,38)(H,32,39)(H,33,40)(H,36,37)(H,43,44)/t17-,18-,19-,20-,21-,23-/m0/s1. The molecular formula is C29H48N6O9. The van der Waals surface area contributed by atoms with Gasteiger partial charge in [-0.05, 0) is 57.3 Å². The van der Waals surface area contributed by atoms with Crippen LogP contribution in [0.4, 0.5) is 0 Å². The fraction of sp³-hybridized carbons (Fsp3) is 0.759. The fourth-order valence-corrected chi connectivity index (χ4v) is 5.54. The van der Waals surface area contributed by atoms with Crippen LogP contribution < -0.4 is 21.7 Å². The molecule has 0 aliphatic carbocycles. The molecule has 0 radical (unpaired) electrons. The second-order valence-corrected chi connectivity index (χ2v) is 12.4. The monoisotopic (exact) mass is 624 g/mol. The van der Waals surface area contributed by atoms with Crippen molar-refractivity contribution in [1.29, 1.82) is 0 Å². The van der Waals surface area contributed by atoms with E-state index in [-0.39, 0.29) is 44.2 Å². The van der Waals surface area contributed by atoms with E-state index in [4.69, 9.17) is 10.8 Å². The minimum absolute atomic E-state index is 0.0215. The van der Waals surface area contributed by atoms with E-state index in [9.17, 15) is 38.7 Å². The van der Waals surface area contributed by atoms with E-state index in [1.807, 2.05) is 13.8 Å². The van der Waals surface area contributed by atoms with Crippen molar-refractivity contribution >= 4 is 41.5 Å². The van der Waals surface area contributed by atoms with Gasteiger partial charge in [0.25, 0.3) is 0 Å². The van der Waals surface area contributed by atoms with E-state index >= 15 is 0 Å². The molecule has 2 saturated heterocycles. The van der Waals surface area contributed by atoms with E-state index < -0.39 is 77.7 Å². The van der Waals surface area contributed by atoms with Crippen LogP contribution in [-0.2, 0) is 33.6 Å². The number of carbonyl (C=O) groups is 7. The van der Waals surface area contributed by atoms with Crippen LogP contribution in [0, 0.1) is 11.8 Å². The largest absolute Gasteiger partial charge is 0.481 e. The minimum Gasteiger partial charge on any atom is -0.481 e. The van der Waals surface area contributed by atoms with E-state index in [2.05, 4.69) is 16.0 Å². The maximum absolute atomic E-state index is 13.7. The molecule has 2 aliphatic heterocycles. The van der Waals surface area contributed by atoms with E-state index in [0.29, 0.717) is 25.7 Å². The molecule has 0 aromatic carbocycles. The van der Waals surface area contributed by atoms with E-state index in [1.165, 1.54) is 16.7 Å². The number of hydrogen-bond acceptors (Lipinski definition) is 8. The third-order valence-corrected chi connectivity index (χ3v) is 7.90. The highest BCUT2D eigenvalue weighted by Crippen LogP contribution is 2.23. The fourth-order valence-electron chi connectivity index (χ4n) is 5.54. The van der Waals surface area contributed by atoms with Gasteiger partial charge in [0.15, 0.2) is 0 Å². The lowest BCUT2D eigenvalue weighted by molar-refractivity contribution is -0.146. The predicted molar refractivity (Wildman–Crippen MR) is 158 cm³/mol. The molecule has 5 amide bonds. The quantitative estimate of drug-likeness (QED) is 0.136. The summed E-state index contributed by atoms with van der Waals surface area (Å²) in [5, 5.41) is 26.5. The number of aliphatic carboxylic acids is 2. The van der Waals surface area contributed by atoms with Crippen molar-refractivity contribution < 1.29 is 43.8 Å². The van der Waals surface area contributed by atoms with Gasteiger partial charge in [0.1, 0.15) is 30.2 Å². The number of nitrogens with one attached hydrogen (secondary N) is 3. The molecule has 6 atom stereocenters. The molecule has 15 heteroatoms. The maximum atomic E-state index is 13.7. The van der Waals surface area contributed by atoms with Crippen LogP contribution in [0.5, 0.6) is 0 Å². The van der Waals surface area contributed by atoms with Crippen molar-refractivity contribution in [3.63, 3.8) is 0 Å². The van der Waals surface area contributed by atoms with Crippen LogP contribution in [0.3, 0.4) is 0 Å². The van der Waals surface area contributed by atoms with Crippen LogP contribution >= 0.6 is 0 Å². The summed E-state index contributed by atoms with van der Waals surface area (Å²) in [6.07, 6.45) is 1.30. The maximum Gasteiger partial charge on any atom is 0.326 e. The zero-order valence-corrected chi connectivity index (χ0v) is 26.2. The smallest absolute Gasteiger partial charge is 0.326 e. The number of carboxylic acids is 2. The van der Waals surface area contributed by atoms with Crippen molar-refractivity contribution in [2.75, 3.05) is 13.1 Å². The molecule has 0 aromatic heterocycles. The summed E-state index contributed by atoms with van der Waals surface area (Å²) in [4.78, 5) is 91.6. The van der Waals surface area contributed by atoms with Gasteiger partial charge >= 0.3 is 11.9 Å². The van der Waals surface area contributed by atoms with Crippen molar-refractivity contribution in [2.24, 2.45) is 17.6 Å². The van der Waals surface area contributed by atoms with Gasteiger partial charge in [0.2, 0.25) is 29.5 Å².